The van der Waals surface area contributed by atoms with Crippen LogP contribution in [0.5, 0.6) is 0 Å². The van der Waals surface area contributed by atoms with Crippen LogP contribution in [0.3, 0.4) is 0 Å². The Morgan fingerprint density at radius 1 is 1.03 bits per heavy atom. The summed E-state index contributed by atoms with van der Waals surface area (Å²) in [6.07, 6.45) is 15.0. The molecule has 0 aromatic carbocycles. The maximum Gasteiger partial charge on any atom is 0.192 e. The summed E-state index contributed by atoms with van der Waals surface area (Å²) in [6.45, 7) is 3.38. The SMILES string of the molecule is Cc1nnc(CN=C(NC2CCCCC2)NC2CCOC3(CCCCC3)C2)n1C. The molecule has 162 valence electrons. The van der Waals surface area contributed by atoms with Crippen LogP contribution < -0.4 is 10.6 Å². The molecule has 3 aliphatic rings. The van der Waals surface area contributed by atoms with Gasteiger partial charge in [0.2, 0.25) is 0 Å². The van der Waals surface area contributed by atoms with E-state index in [-0.39, 0.29) is 5.60 Å². The van der Waals surface area contributed by atoms with E-state index >= 15 is 0 Å². The van der Waals surface area contributed by atoms with Crippen molar-refractivity contribution in [3.05, 3.63) is 11.6 Å². The first kappa shape index (κ1) is 20.6. The maximum atomic E-state index is 6.29. The van der Waals surface area contributed by atoms with Gasteiger partial charge in [0.15, 0.2) is 11.8 Å². The number of hydrogen-bond donors (Lipinski definition) is 2. The van der Waals surface area contributed by atoms with E-state index in [0.717, 1.165) is 37.1 Å². The zero-order chi connectivity index (χ0) is 20.1. The summed E-state index contributed by atoms with van der Waals surface area (Å²) in [6, 6.07) is 0.956. The summed E-state index contributed by atoms with van der Waals surface area (Å²) in [5.41, 5.74) is 0.102. The zero-order valence-electron chi connectivity index (χ0n) is 18.3. The number of ether oxygens (including phenoxy) is 1. The first-order valence-corrected chi connectivity index (χ1v) is 11.7. The van der Waals surface area contributed by atoms with Crippen molar-refractivity contribution in [3.8, 4) is 0 Å². The highest BCUT2D eigenvalue weighted by Gasteiger charge is 2.38. The predicted molar refractivity (Wildman–Crippen MR) is 115 cm³/mol. The van der Waals surface area contributed by atoms with Crippen LogP contribution in [-0.2, 0) is 18.3 Å². The molecule has 1 atom stereocenters. The quantitative estimate of drug-likeness (QED) is 0.596. The lowest BCUT2D eigenvalue weighted by Gasteiger charge is -2.44. The topological polar surface area (TPSA) is 76.4 Å². The van der Waals surface area contributed by atoms with Crippen molar-refractivity contribution in [2.24, 2.45) is 12.0 Å². The summed E-state index contributed by atoms with van der Waals surface area (Å²) in [5, 5.41) is 16.0. The number of aryl methyl sites for hydroxylation is 1. The number of aromatic nitrogens is 3. The van der Waals surface area contributed by atoms with Crippen molar-refractivity contribution in [2.45, 2.75) is 108 Å². The lowest BCUT2D eigenvalue weighted by molar-refractivity contribution is -0.107. The number of rotatable bonds is 4. The first-order valence-electron chi connectivity index (χ1n) is 11.7. The third-order valence-electron chi connectivity index (χ3n) is 7.11. The number of guanidine groups is 1. The van der Waals surface area contributed by atoms with Crippen molar-refractivity contribution < 1.29 is 4.74 Å². The van der Waals surface area contributed by atoms with Gasteiger partial charge in [-0.1, -0.05) is 38.5 Å². The van der Waals surface area contributed by atoms with Crippen molar-refractivity contribution in [1.82, 2.24) is 25.4 Å². The molecule has 1 unspecified atom stereocenters. The largest absolute Gasteiger partial charge is 0.375 e. The van der Waals surface area contributed by atoms with Gasteiger partial charge in [-0.2, -0.15) is 0 Å². The van der Waals surface area contributed by atoms with E-state index in [1.807, 2.05) is 18.5 Å². The van der Waals surface area contributed by atoms with E-state index in [4.69, 9.17) is 9.73 Å². The van der Waals surface area contributed by atoms with Crippen molar-refractivity contribution in [3.63, 3.8) is 0 Å². The van der Waals surface area contributed by atoms with Gasteiger partial charge in [0.25, 0.3) is 0 Å². The van der Waals surface area contributed by atoms with Gasteiger partial charge in [0.1, 0.15) is 12.4 Å². The van der Waals surface area contributed by atoms with Gasteiger partial charge < -0.3 is 19.9 Å². The molecule has 0 bridgehead atoms. The first-order chi connectivity index (χ1) is 14.1. The summed E-state index contributed by atoms with van der Waals surface area (Å²) in [5.74, 6) is 2.77. The maximum absolute atomic E-state index is 6.29. The van der Waals surface area contributed by atoms with Crippen LogP contribution in [-0.4, -0.2) is 45.0 Å². The third kappa shape index (κ3) is 5.30. The van der Waals surface area contributed by atoms with E-state index in [0.29, 0.717) is 18.6 Å². The molecule has 1 saturated heterocycles. The molecule has 2 saturated carbocycles. The number of aliphatic imine (C=N–C) groups is 1. The Morgan fingerprint density at radius 3 is 2.48 bits per heavy atom. The monoisotopic (exact) mass is 402 g/mol. The average Bonchev–Trinajstić information content (AvgIpc) is 3.05. The number of nitrogens with one attached hydrogen (secondary N) is 2. The molecule has 0 radical (unpaired) electrons. The molecule has 2 N–H and O–H groups in total. The highest BCUT2D eigenvalue weighted by Crippen LogP contribution is 2.38. The molecular formula is C22H38N6O. The van der Waals surface area contributed by atoms with Crippen LogP contribution in [0.25, 0.3) is 0 Å². The fourth-order valence-corrected chi connectivity index (χ4v) is 5.20. The molecule has 29 heavy (non-hydrogen) atoms. The molecule has 0 amide bonds. The second-order valence-electron chi connectivity index (χ2n) is 9.29. The van der Waals surface area contributed by atoms with Gasteiger partial charge >= 0.3 is 0 Å². The Bertz CT molecular complexity index is 682. The second kappa shape index (κ2) is 9.45. The molecule has 1 aliphatic heterocycles. The van der Waals surface area contributed by atoms with Crippen LogP contribution in [0.4, 0.5) is 0 Å². The summed E-state index contributed by atoms with van der Waals surface area (Å²) < 4.78 is 8.32. The van der Waals surface area contributed by atoms with Gasteiger partial charge in [-0.3, -0.25) is 0 Å². The van der Waals surface area contributed by atoms with Gasteiger partial charge in [-0.15, -0.1) is 10.2 Å². The Hall–Kier alpha value is -1.63. The fourth-order valence-electron chi connectivity index (χ4n) is 5.20. The minimum absolute atomic E-state index is 0.102. The number of nitrogens with zero attached hydrogens (tertiary/aromatic N) is 4. The smallest absolute Gasteiger partial charge is 0.192 e. The zero-order valence-corrected chi connectivity index (χ0v) is 18.3. The Morgan fingerprint density at radius 2 is 1.76 bits per heavy atom. The molecule has 2 heterocycles. The number of hydrogen-bond acceptors (Lipinski definition) is 4. The van der Waals surface area contributed by atoms with Gasteiger partial charge in [0, 0.05) is 25.7 Å². The van der Waals surface area contributed by atoms with E-state index in [1.54, 1.807) is 0 Å². The Balaban J connectivity index is 1.43. The molecule has 1 spiro atoms. The molecule has 3 fully saturated rings. The highest BCUT2D eigenvalue weighted by atomic mass is 16.5. The second-order valence-corrected chi connectivity index (χ2v) is 9.29. The van der Waals surface area contributed by atoms with Crippen LogP contribution in [0.15, 0.2) is 4.99 Å². The standard InChI is InChI=1S/C22H38N6O/c1-17-26-27-20(28(17)2)16-23-21(24-18-9-5-3-6-10-18)25-19-11-14-29-22(15-19)12-7-4-8-13-22/h18-19H,3-16H2,1-2H3,(H2,23,24,25). The van der Waals surface area contributed by atoms with Crippen molar-refractivity contribution >= 4 is 5.96 Å². The van der Waals surface area contributed by atoms with E-state index < -0.39 is 0 Å². The highest BCUT2D eigenvalue weighted by molar-refractivity contribution is 5.80. The minimum Gasteiger partial charge on any atom is -0.375 e. The van der Waals surface area contributed by atoms with E-state index in [1.165, 1.54) is 64.2 Å². The van der Waals surface area contributed by atoms with Gasteiger partial charge in [0.05, 0.1) is 5.60 Å². The Kier molecular flexibility index (Phi) is 6.73. The normalized spacial score (nSPS) is 25.9. The molecule has 4 rings (SSSR count). The van der Waals surface area contributed by atoms with Crippen molar-refractivity contribution in [2.75, 3.05) is 6.61 Å². The summed E-state index contributed by atoms with van der Waals surface area (Å²) in [4.78, 5) is 4.92. The lowest BCUT2D eigenvalue weighted by atomic mass is 9.78. The third-order valence-corrected chi connectivity index (χ3v) is 7.11. The average molecular weight is 403 g/mol. The molecule has 7 nitrogen and oxygen atoms in total. The molecule has 1 aromatic rings. The van der Waals surface area contributed by atoms with Gasteiger partial charge in [-0.05, 0) is 45.4 Å². The summed E-state index contributed by atoms with van der Waals surface area (Å²) >= 11 is 0. The van der Waals surface area contributed by atoms with Crippen molar-refractivity contribution in [1.29, 1.82) is 0 Å². The van der Waals surface area contributed by atoms with Crippen LogP contribution >= 0.6 is 0 Å². The van der Waals surface area contributed by atoms with Crippen LogP contribution in [0, 0.1) is 6.92 Å². The Labute approximate surface area is 175 Å². The van der Waals surface area contributed by atoms with E-state index in [9.17, 15) is 0 Å². The lowest BCUT2D eigenvalue weighted by Crippen LogP contribution is -2.53. The van der Waals surface area contributed by atoms with Gasteiger partial charge in [-0.25, -0.2) is 4.99 Å². The van der Waals surface area contributed by atoms with Crippen LogP contribution in [0.1, 0.15) is 88.7 Å². The summed E-state index contributed by atoms with van der Waals surface area (Å²) in [7, 11) is 2.01. The predicted octanol–water partition coefficient (Wildman–Crippen LogP) is 3.37. The molecule has 7 heteroatoms. The fraction of sp³-hybridized carbons (Fsp3) is 0.864. The van der Waals surface area contributed by atoms with E-state index in [2.05, 4.69) is 20.8 Å². The molecular weight excluding hydrogens is 364 g/mol. The minimum atomic E-state index is 0.102. The molecule has 2 aliphatic carbocycles. The van der Waals surface area contributed by atoms with Crippen LogP contribution in [0.2, 0.25) is 0 Å². The molecule has 1 aromatic heterocycles.